The Kier molecular flexibility index (Phi) is 5.16. The molecule has 6 nitrogen and oxygen atoms in total. The van der Waals surface area contributed by atoms with Crippen molar-refractivity contribution in [3.8, 4) is 11.8 Å². The number of rotatable bonds is 5. The van der Waals surface area contributed by atoms with Crippen LogP contribution < -0.4 is 5.32 Å². The summed E-state index contributed by atoms with van der Waals surface area (Å²) < 4.78 is 1.68. The van der Waals surface area contributed by atoms with E-state index in [1.807, 2.05) is 30.3 Å². The Morgan fingerprint density at radius 1 is 1.29 bits per heavy atom. The van der Waals surface area contributed by atoms with Crippen LogP contribution in [0.15, 0.2) is 41.8 Å². The topological polar surface area (TPSA) is 83.6 Å². The molecule has 1 saturated carbocycles. The Balaban J connectivity index is 1.55. The van der Waals surface area contributed by atoms with Gasteiger partial charge in [0.25, 0.3) is 0 Å². The highest BCUT2D eigenvalue weighted by Gasteiger charge is 2.33. The predicted octanol–water partition coefficient (Wildman–Crippen LogP) is 2.70. The number of nitrogens with one attached hydrogen (secondary N) is 1. The Bertz CT molecular complexity index is 731. The number of nitrogens with zero attached hydrogens (tertiary/aromatic N) is 4. The summed E-state index contributed by atoms with van der Waals surface area (Å²) in [6.45, 7) is 0. The van der Waals surface area contributed by atoms with Crippen molar-refractivity contribution in [2.45, 2.75) is 42.8 Å². The van der Waals surface area contributed by atoms with Crippen molar-refractivity contribution in [1.82, 2.24) is 20.1 Å². The van der Waals surface area contributed by atoms with Gasteiger partial charge < -0.3 is 5.32 Å². The third-order valence-electron chi connectivity index (χ3n) is 4.12. The molecule has 0 aliphatic heterocycles. The number of nitriles is 1. The zero-order chi connectivity index (χ0) is 16.8. The maximum atomic E-state index is 12.2. The highest BCUT2D eigenvalue weighted by Crippen LogP contribution is 2.27. The van der Waals surface area contributed by atoms with Gasteiger partial charge in [-0.25, -0.2) is 9.67 Å². The largest absolute Gasteiger partial charge is 0.337 e. The minimum Gasteiger partial charge on any atom is -0.337 e. The molecule has 0 atom stereocenters. The number of aromatic nitrogens is 3. The van der Waals surface area contributed by atoms with Crippen LogP contribution in [0, 0.1) is 11.3 Å². The highest BCUT2D eigenvalue weighted by molar-refractivity contribution is 7.99. The minimum atomic E-state index is -0.688. The fourth-order valence-electron chi connectivity index (χ4n) is 2.87. The molecule has 1 aliphatic carbocycles. The summed E-state index contributed by atoms with van der Waals surface area (Å²) in [5.41, 5.74) is 0.235. The average Bonchev–Trinajstić information content (AvgIpc) is 3.11. The first-order chi connectivity index (χ1) is 11.7. The zero-order valence-electron chi connectivity index (χ0n) is 13.3. The molecule has 7 heteroatoms. The number of thioether (sulfide) groups is 1. The summed E-state index contributed by atoms with van der Waals surface area (Å²) in [6.07, 6.45) is 6.22. The van der Waals surface area contributed by atoms with Gasteiger partial charge in [0.2, 0.25) is 11.1 Å². The fourth-order valence-corrected chi connectivity index (χ4v) is 3.47. The van der Waals surface area contributed by atoms with Gasteiger partial charge in [-0.2, -0.15) is 5.26 Å². The molecule has 2 aromatic rings. The minimum absolute atomic E-state index is 0.139. The molecule has 1 fully saturated rings. The summed E-state index contributed by atoms with van der Waals surface area (Å²) in [4.78, 5) is 16.4. The number of hydrogen-bond donors (Lipinski definition) is 1. The van der Waals surface area contributed by atoms with Crippen LogP contribution in [0.4, 0.5) is 0 Å². The van der Waals surface area contributed by atoms with Gasteiger partial charge in [0.05, 0.1) is 17.5 Å². The number of benzene rings is 1. The quantitative estimate of drug-likeness (QED) is 0.845. The lowest BCUT2D eigenvalue weighted by atomic mass is 9.83. The van der Waals surface area contributed by atoms with Crippen LogP contribution in [-0.4, -0.2) is 32.0 Å². The summed E-state index contributed by atoms with van der Waals surface area (Å²) in [6, 6.07) is 12.0. The van der Waals surface area contributed by atoms with E-state index in [9.17, 15) is 10.1 Å². The van der Waals surface area contributed by atoms with E-state index >= 15 is 0 Å². The predicted molar refractivity (Wildman–Crippen MR) is 91.7 cm³/mol. The highest BCUT2D eigenvalue weighted by atomic mass is 32.2. The van der Waals surface area contributed by atoms with Gasteiger partial charge in [-0.15, -0.1) is 5.10 Å². The van der Waals surface area contributed by atoms with Crippen LogP contribution >= 0.6 is 11.8 Å². The molecule has 0 unspecified atom stereocenters. The molecule has 1 aliphatic rings. The molecule has 1 aromatic carbocycles. The lowest BCUT2D eigenvalue weighted by Gasteiger charge is -2.31. The van der Waals surface area contributed by atoms with E-state index < -0.39 is 5.54 Å². The number of carbonyl (C=O) groups is 1. The molecule has 0 saturated heterocycles. The van der Waals surface area contributed by atoms with Crippen molar-refractivity contribution in [2.24, 2.45) is 0 Å². The molecule has 1 amide bonds. The monoisotopic (exact) mass is 341 g/mol. The average molecular weight is 341 g/mol. The van der Waals surface area contributed by atoms with E-state index in [1.165, 1.54) is 11.8 Å². The van der Waals surface area contributed by atoms with Gasteiger partial charge in [-0.3, -0.25) is 4.79 Å². The fraction of sp³-hybridized carbons (Fsp3) is 0.412. The molecular weight excluding hydrogens is 322 g/mol. The first kappa shape index (κ1) is 16.5. The smallest absolute Gasteiger partial charge is 0.231 e. The number of hydrogen-bond acceptors (Lipinski definition) is 5. The van der Waals surface area contributed by atoms with Crippen molar-refractivity contribution >= 4 is 17.7 Å². The Morgan fingerprint density at radius 3 is 2.75 bits per heavy atom. The third kappa shape index (κ3) is 3.95. The van der Waals surface area contributed by atoms with E-state index in [2.05, 4.69) is 21.5 Å². The zero-order valence-corrected chi connectivity index (χ0v) is 14.1. The van der Waals surface area contributed by atoms with Crippen LogP contribution in [0.5, 0.6) is 0 Å². The van der Waals surface area contributed by atoms with Gasteiger partial charge in [0.15, 0.2) is 0 Å². The normalized spacial score (nSPS) is 16.3. The van der Waals surface area contributed by atoms with Crippen LogP contribution in [-0.2, 0) is 4.79 Å². The van der Waals surface area contributed by atoms with E-state index in [4.69, 9.17) is 0 Å². The van der Waals surface area contributed by atoms with Crippen LogP contribution in [0.2, 0.25) is 0 Å². The van der Waals surface area contributed by atoms with E-state index in [1.54, 1.807) is 11.0 Å². The van der Waals surface area contributed by atoms with Crippen molar-refractivity contribution in [1.29, 1.82) is 5.26 Å². The van der Waals surface area contributed by atoms with Gasteiger partial charge in [0, 0.05) is 0 Å². The van der Waals surface area contributed by atoms with Gasteiger partial charge in [-0.1, -0.05) is 49.2 Å². The second-order valence-corrected chi connectivity index (χ2v) is 6.84. The van der Waals surface area contributed by atoms with Crippen molar-refractivity contribution in [2.75, 3.05) is 5.75 Å². The van der Waals surface area contributed by atoms with Crippen LogP contribution in [0.1, 0.15) is 32.1 Å². The molecule has 0 radical (unpaired) electrons. The molecule has 0 spiro atoms. The summed E-state index contributed by atoms with van der Waals surface area (Å²) in [5, 5.41) is 17.2. The van der Waals surface area contributed by atoms with Gasteiger partial charge in [0.1, 0.15) is 11.9 Å². The first-order valence-corrected chi connectivity index (χ1v) is 9.01. The summed E-state index contributed by atoms with van der Waals surface area (Å²) in [7, 11) is 0. The van der Waals surface area contributed by atoms with Crippen molar-refractivity contribution in [3.05, 3.63) is 36.7 Å². The van der Waals surface area contributed by atoms with E-state index in [-0.39, 0.29) is 11.7 Å². The Labute approximate surface area is 145 Å². The summed E-state index contributed by atoms with van der Waals surface area (Å²) >= 11 is 1.28. The van der Waals surface area contributed by atoms with Crippen molar-refractivity contribution in [3.63, 3.8) is 0 Å². The van der Waals surface area contributed by atoms with Gasteiger partial charge in [-0.05, 0) is 25.0 Å². The van der Waals surface area contributed by atoms with Gasteiger partial charge >= 0.3 is 0 Å². The van der Waals surface area contributed by atoms with E-state index in [0.29, 0.717) is 5.16 Å². The van der Waals surface area contributed by atoms with E-state index in [0.717, 1.165) is 37.8 Å². The number of carbonyl (C=O) groups excluding carboxylic acids is 1. The maximum absolute atomic E-state index is 12.2. The lowest BCUT2D eigenvalue weighted by molar-refractivity contribution is -0.120. The maximum Gasteiger partial charge on any atom is 0.231 e. The lowest BCUT2D eigenvalue weighted by Crippen LogP contribution is -2.49. The van der Waals surface area contributed by atoms with Crippen LogP contribution in [0.25, 0.3) is 5.69 Å². The summed E-state index contributed by atoms with van der Waals surface area (Å²) in [5.74, 6) is 0.0712. The number of para-hydroxylation sites is 1. The molecule has 1 aromatic heterocycles. The third-order valence-corrected chi connectivity index (χ3v) is 4.98. The SMILES string of the molecule is N#CC1(NC(=O)CSc2ncn(-c3ccccc3)n2)CCCCC1. The second-order valence-electron chi connectivity index (χ2n) is 5.90. The number of amides is 1. The molecular formula is C17H19N5OS. The second kappa shape index (κ2) is 7.49. The van der Waals surface area contributed by atoms with Crippen molar-refractivity contribution < 1.29 is 4.79 Å². The molecule has 1 heterocycles. The molecule has 1 N–H and O–H groups in total. The molecule has 0 bridgehead atoms. The Hall–Kier alpha value is -2.33. The molecule has 24 heavy (non-hydrogen) atoms. The Morgan fingerprint density at radius 2 is 2.04 bits per heavy atom. The first-order valence-electron chi connectivity index (χ1n) is 8.03. The molecule has 124 valence electrons. The van der Waals surface area contributed by atoms with Crippen LogP contribution in [0.3, 0.4) is 0 Å². The molecule has 3 rings (SSSR count). The standard InChI is InChI=1S/C17H19N5OS/c18-12-17(9-5-2-6-10-17)20-15(23)11-24-16-19-13-22(21-16)14-7-3-1-4-8-14/h1,3-4,7-8,13H,2,5-6,9-11H2,(H,20,23).